The lowest BCUT2D eigenvalue weighted by molar-refractivity contribution is -0.145. The van der Waals surface area contributed by atoms with E-state index in [1.165, 1.54) is 19.3 Å². The Kier molecular flexibility index (Phi) is 5.32. The molecule has 4 rings (SSSR count). The minimum atomic E-state index is -0.0183. The van der Waals surface area contributed by atoms with Crippen molar-refractivity contribution in [3.8, 4) is 0 Å². The molecule has 1 amide bonds. The SMILES string of the molecule is CC1=C2CC3C(CC2(C)CCC1)OC(=O)C3CNCCCN1CCCC1=O. The highest BCUT2D eigenvalue weighted by atomic mass is 16.6. The van der Waals surface area contributed by atoms with Gasteiger partial charge in [-0.3, -0.25) is 9.59 Å². The van der Waals surface area contributed by atoms with Crippen LogP contribution in [0.25, 0.3) is 0 Å². The van der Waals surface area contributed by atoms with Crippen LogP contribution in [0.1, 0.15) is 65.2 Å². The molecule has 5 heteroatoms. The van der Waals surface area contributed by atoms with Crippen LogP contribution in [0.15, 0.2) is 11.1 Å². The van der Waals surface area contributed by atoms with E-state index in [0.717, 1.165) is 45.3 Å². The maximum atomic E-state index is 12.5. The van der Waals surface area contributed by atoms with Gasteiger partial charge in [-0.25, -0.2) is 0 Å². The number of carbonyl (C=O) groups is 2. The molecule has 2 saturated heterocycles. The number of carbonyl (C=O) groups excluding carboxylic acids is 2. The van der Waals surface area contributed by atoms with Crippen LogP contribution in [-0.2, 0) is 14.3 Å². The molecule has 1 saturated carbocycles. The van der Waals surface area contributed by atoms with Crippen LogP contribution in [0.2, 0.25) is 0 Å². The molecule has 150 valence electrons. The fourth-order valence-corrected chi connectivity index (χ4v) is 5.94. The van der Waals surface area contributed by atoms with E-state index in [1.807, 2.05) is 4.90 Å². The Morgan fingerprint density at radius 1 is 1.26 bits per heavy atom. The van der Waals surface area contributed by atoms with Gasteiger partial charge in [0, 0.05) is 32.0 Å². The second kappa shape index (κ2) is 7.57. The van der Waals surface area contributed by atoms with Gasteiger partial charge in [-0.05, 0) is 63.8 Å². The number of allylic oxidation sites excluding steroid dienone is 2. The van der Waals surface area contributed by atoms with E-state index >= 15 is 0 Å². The first kappa shape index (κ1) is 19.0. The molecular formula is C22H34N2O3. The Hall–Kier alpha value is -1.36. The zero-order valence-corrected chi connectivity index (χ0v) is 16.9. The number of likely N-dealkylation sites (tertiary alicyclic amines) is 1. The maximum absolute atomic E-state index is 12.5. The van der Waals surface area contributed by atoms with E-state index < -0.39 is 0 Å². The number of amides is 1. The van der Waals surface area contributed by atoms with Gasteiger partial charge >= 0.3 is 5.97 Å². The molecule has 1 N–H and O–H groups in total. The highest BCUT2D eigenvalue weighted by Gasteiger charge is 2.52. The summed E-state index contributed by atoms with van der Waals surface area (Å²) in [6, 6.07) is 0. The quantitative estimate of drug-likeness (QED) is 0.441. The van der Waals surface area contributed by atoms with E-state index in [1.54, 1.807) is 11.1 Å². The van der Waals surface area contributed by atoms with E-state index in [0.29, 0.717) is 24.8 Å². The van der Waals surface area contributed by atoms with Crippen molar-refractivity contribution in [1.29, 1.82) is 0 Å². The molecule has 0 spiro atoms. The van der Waals surface area contributed by atoms with E-state index in [-0.39, 0.29) is 23.4 Å². The average molecular weight is 375 g/mol. The lowest BCUT2D eigenvalue weighted by Crippen LogP contribution is -2.41. The molecule has 3 fully saturated rings. The van der Waals surface area contributed by atoms with Crippen molar-refractivity contribution in [2.75, 3.05) is 26.2 Å². The molecule has 2 aliphatic carbocycles. The largest absolute Gasteiger partial charge is 0.462 e. The highest BCUT2D eigenvalue weighted by Crippen LogP contribution is 2.54. The topological polar surface area (TPSA) is 58.6 Å². The van der Waals surface area contributed by atoms with Crippen molar-refractivity contribution in [2.24, 2.45) is 17.3 Å². The van der Waals surface area contributed by atoms with E-state index in [9.17, 15) is 9.59 Å². The summed E-state index contributed by atoms with van der Waals surface area (Å²) in [5.74, 6) is 0.600. The zero-order valence-electron chi connectivity index (χ0n) is 16.9. The molecule has 0 aromatic rings. The van der Waals surface area contributed by atoms with Gasteiger partial charge in [0.2, 0.25) is 5.91 Å². The third-order valence-electron chi connectivity index (χ3n) is 7.50. The number of esters is 1. The molecule has 4 aliphatic rings. The summed E-state index contributed by atoms with van der Waals surface area (Å²) >= 11 is 0. The van der Waals surface area contributed by atoms with Gasteiger partial charge in [-0.1, -0.05) is 18.1 Å². The predicted molar refractivity (Wildman–Crippen MR) is 104 cm³/mol. The monoisotopic (exact) mass is 374 g/mol. The number of nitrogens with zero attached hydrogens (tertiary/aromatic N) is 1. The highest BCUT2D eigenvalue weighted by molar-refractivity contribution is 5.78. The molecular weight excluding hydrogens is 340 g/mol. The fraction of sp³-hybridized carbons (Fsp3) is 0.818. The molecule has 5 nitrogen and oxygen atoms in total. The van der Waals surface area contributed by atoms with Crippen molar-refractivity contribution >= 4 is 11.9 Å². The second-order valence-electron chi connectivity index (χ2n) is 9.37. The predicted octanol–water partition coefficient (Wildman–Crippen LogP) is 3.05. The first-order valence-corrected chi connectivity index (χ1v) is 10.9. The number of rotatable bonds is 6. The molecule has 2 heterocycles. The van der Waals surface area contributed by atoms with Crippen molar-refractivity contribution in [3.63, 3.8) is 0 Å². The fourth-order valence-electron chi connectivity index (χ4n) is 5.94. The molecule has 0 aromatic carbocycles. The van der Waals surface area contributed by atoms with Crippen LogP contribution in [-0.4, -0.2) is 49.1 Å². The molecule has 4 unspecified atom stereocenters. The van der Waals surface area contributed by atoms with Crippen molar-refractivity contribution in [2.45, 2.75) is 71.3 Å². The number of fused-ring (bicyclic) bond motifs is 2. The standard InChI is InChI=1S/C22H34N2O3/c1-15-6-3-8-22(2)13-19-16(12-18(15)22)17(21(26)27-19)14-23-9-5-11-24-10-4-7-20(24)25/h16-17,19,23H,3-14H2,1-2H3. The summed E-state index contributed by atoms with van der Waals surface area (Å²) in [4.78, 5) is 26.1. The Bertz CT molecular complexity index is 643. The van der Waals surface area contributed by atoms with E-state index in [2.05, 4.69) is 19.2 Å². The van der Waals surface area contributed by atoms with Crippen LogP contribution in [0.4, 0.5) is 0 Å². The van der Waals surface area contributed by atoms with E-state index in [4.69, 9.17) is 4.74 Å². The zero-order chi connectivity index (χ0) is 19.0. The normalized spacial score (nSPS) is 36.1. The van der Waals surface area contributed by atoms with Crippen LogP contribution in [0.5, 0.6) is 0 Å². The number of hydrogen-bond donors (Lipinski definition) is 1. The lowest BCUT2D eigenvalue weighted by Gasteiger charge is -2.45. The molecule has 2 aliphatic heterocycles. The summed E-state index contributed by atoms with van der Waals surface area (Å²) in [6.07, 6.45) is 8.51. The first-order chi connectivity index (χ1) is 13.0. The summed E-state index contributed by atoms with van der Waals surface area (Å²) in [7, 11) is 0. The number of nitrogens with one attached hydrogen (secondary N) is 1. The Morgan fingerprint density at radius 2 is 2.11 bits per heavy atom. The maximum Gasteiger partial charge on any atom is 0.310 e. The summed E-state index contributed by atoms with van der Waals surface area (Å²) in [6.45, 7) is 7.96. The molecule has 27 heavy (non-hydrogen) atoms. The molecule has 4 atom stereocenters. The first-order valence-electron chi connectivity index (χ1n) is 10.9. The van der Waals surface area contributed by atoms with Crippen LogP contribution in [0, 0.1) is 17.3 Å². The van der Waals surface area contributed by atoms with Gasteiger partial charge in [-0.15, -0.1) is 0 Å². The Balaban J connectivity index is 1.30. The third kappa shape index (κ3) is 3.67. The van der Waals surface area contributed by atoms with Crippen LogP contribution in [0.3, 0.4) is 0 Å². The van der Waals surface area contributed by atoms with Gasteiger partial charge in [0.25, 0.3) is 0 Å². The Labute approximate surface area is 162 Å². The molecule has 0 bridgehead atoms. The molecule has 0 aromatic heterocycles. The molecule has 0 radical (unpaired) electrons. The minimum Gasteiger partial charge on any atom is -0.462 e. The van der Waals surface area contributed by atoms with Gasteiger partial charge < -0.3 is 15.0 Å². The van der Waals surface area contributed by atoms with Crippen LogP contribution >= 0.6 is 0 Å². The number of hydrogen-bond acceptors (Lipinski definition) is 4. The second-order valence-corrected chi connectivity index (χ2v) is 9.37. The Morgan fingerprint density at radius 3 is 2.89 bits per heavy atom. The average Bonchev–Trinajstić information content (AvgIpc) is 3.15. The van der Waals surface area contributed by atoms with Gasteiger partial charge in [0.05, 0.1) is 5.92 Å². The lowest BCUT2D eigenvalue weighted by atomic mass is 9.59. The minimum absolute atomic E-state index is 0.00674. The van der Waals surface area contributed by atoms with Crippen molar-refractivity contribution in [3.05, 3.63) is 11.1 Å². The number of ether oxygens (including phenoxy) is 1. The van der Waals surface area contributed by atoms with Crippen molar-refractivity contribution in [1.82, 2.24) is 10.2 Å². The summed E-state index contributed by atoms with van der Waals surface area (Å²) in [5.41, 5.74) is 3.42. The summed E-state index contributed by atoms with van der Waals surface area (Å²) < 4.78 is 5.83. The van der Waals surface area contributed by atoms with Crippen molar-refractivity contribution < 1.29 is 14.3 Å². The smallest absolute Gasteiger partial charge is 0.310 e. The van der Waals surface area contributed by atoms with Gasteiger partial charge in [0.15, 0.2) is 0 Å². The van der Waals surface area contributed by atoms with Gasteiger partial charge in [0.1, 0.15) is 6.10 Å². The van der Waals surface area contributed by atoms with Crippen LogP contribution < -0.4 is 5.32 Å². The third-order valence-corrected chi connectivity index (χ3v) is 7.50. The van der Waals surface area contributed by atoms with Gasteiger partial charge in [-0.2, -0.15) is 0 Å². The summed E-state index contributed by atoms with van der Waals surface area (Å²) in [5, 5.41) is 3.47.